The van der Waals surface area contributed by atoms with Gasteiger partial charge in [0.05, 0.1) is 0 Å². The monoisotopic (exact) mass is 349 g/mol. The van der Waals surface area contributed by atoms with Crippen LogP contribution < -0.4 is 15.5 Å². The van der Waals surface area contributed by atoms with Gasteiger partial charge >= 0.3 is 0 Å². The van der Waals surface area contributed by atoms with Crippen LogP contribution in [-0.2, 0) is 0 Å². The molecule has 0 saturated carbocycles. The SMILES string of the molecule is Cc1ccc(N2CCC(C3CCN(c4ccc(N)cc4)CC3)CC2)cc1. The molecule has 0 atom stereocenters. The molecule has 0 spiro atoms. The molecule has 2 N–H and O–H groups in total. The molecule has 2 saturated heterocycles. The molecule has 0 aromatic heterocycles. The lowest BCUT2D eigenvalue weighted by atomic mass is 9.78. The molecule has 3 nitrogen and oxygen atoms in total. The number of hydrogen-bond acceptors (Lipinski definition) is 3. The molecule has 0 amide bonds. The standard InChI is InChI=1S/C23H31N3/c1-18-2-6-22(7-3-18)25-14-10-19(11-15-25)20-12-16-26(17-13-20)23-8-4-21(24)5-9-23/h2-9,19-20H,10-17,24H2,1H3. The first-order valence-corrected chi connectivity index (χ1v) is 10.1. The van der Waals surface area contributed by atoms with Crippen LogP contribution in [0.3, 0.4) is 0 Å². The minimum atomic E-state index is 0.851. The molecule has 2 aliphatic rings. The molecular weight excluding hydrogens is 318 g/mol. The Balaban J connectivity index is 1.28. The molecule has 0 unspecified atom stereocenters. The van der Waals surface area contributed by atoms with E-state index in [-0.39, 0.29) is 0 Å². The van der Waals surface area contributed by atoms with Crippen molar-refractivity contribution in [2.24, 2.45) is 11.8 Å². The Hall–Kier alpha value is -2.16. The van der Waals surface area contributed by atoms with E-state index in [0.29, 0.717) is 0 Å². The zero-order chi connectivity index (χ0) is 17.9. The molecule has 2 fully saturated rings. The highest BCUT2D eigenvalue weighted by Crippen LogP contribution is 2.35. The number of anilines is 3. The first kappa shape index (κ1) is 17.3. The fourth-order valence-corrected chi connectivity index (χ4v) is 4.70. The van der Waals surface area contributed by atoms with E-state index in [4.69, 9.17) is 5.73 Å². The van der Waals surface area contributed by atoms with Gasteiger partial charge in [-0.25, -0.2) is 0 Å². The van der Waals surface area contributed by atoms with E-state index in [1.807, 2.05) is 12.1 Å². The van der Waals surface area contributed by atoms with Crippen LogP contribution in [0.5, 0.6) is 0 Å². The second kappa shape index (κ2) is 7.61. The third kappa shape index (κ3) is 3.82. The third-order valence-corrected chi connectivity index (χ3v) is 6.40. The highest BCUT2D eigenvalue weighted by Gasteiger charge is 2.29. The number of nitrogens with zero attached hydrogens (tertiary/aromatic N) is 2. The maximum atomic E-state index is 5.81. The molecule has 3 heteroatoms. The maximum Gasteiger partial charge on any atom is 0.0367 e. The molecular formula is C23H31N3. The van der Waals surface area contributed by atoms with E-state index < -0.39 is 0 Å². The van der Waals surface area contributed by atoms with Gasteiger partial charge in [0.15, 0.2) is 0 Å². The van der Waals surface area contributed by atoms with E-state index in [1.165, 1.54) is 68.8 Å². The lowest BCUT2D eigenvalue weighted by Crippen LogP contribution is -2.40. The topological polar surface area (TPSA) is 32.5 Å². The fraction of sp³-hybridized carbons (Fsp3) is 0.478. The summed E-state index contributed by atoms with van der Waals surface area (Å²) in [6.07, 6.45) is 5.36. The number of hydrogen-bond donors (Lipinski definition) is 1. The Kier molecular flexibility index (Phi) is 5.05. The Labute approximate surface area is 157 Å². The summed E-state index contributed by atoms with van der Waals surface area (Å²) >= 11 is 0. The number of rotatable bonds is 3. The average Bonchev–Trinajstić information content (AvgIpc) is 2.70. The molecule has 0 bridgehead atoms. The average molecular weight is 350 g/mol. The lowest BCUT2D eigenvalue weighted by molar-refractivity contribution is 0.233. The molecule has 2 aromatic rings. The molecule has 0 aliphatic carbocycles. The van der Waals surface area contributed by atoms with Gasteiger partial charge in [-0.3, -0.25) is 0 Å². The molecule has 2 heterocycles. The van der Waals surface area contributed by atoms with Crippen LogP contribution >= 0.6 is 0 Å². The fourth-order valence-electron chi connectivity index (χ4n) is 4.70. The summed E-state index contributed by atoms with van der Waals surface area (Å²) in [5.74, 6) is 1.81. The van der Waals surface area contributed by atoms with Gasteiger partial charge in [-0.05, 0) is 80.8 Å². The van der Waals surface area contributed by atoms with Gasteiger partial charge in [-0.15, -0.1) is 0 Å². The zero-order valence-electron chi connectivity index (χ0n) is 15.9. The van der Waals surface area contributed by atoms with Crippen LogP contribution in [0.4, 0.5) is 17.1 Å². The van der Waals surface area contributed by atoms with Gasteiger partial charge in [0.1, 0.15) is 0 Å². The summed E-state index contributed by atoms with van der Waals surface area (Å²) in [4.78, 5) is 5.09. The van der Waals surface area contributed by atoms with Crippen molar-refractivity contribution in [2.45, 2.75) is 32.6 Å². The molecule has 0 radical (unpaired) electrons. The van der Waals surface area contributed by atoms with Crippen molar-refractivity contribution in [1.29, 1.82) is 0 Å². The highest BCUT2D eigenvalue weighted by molar-refractivity contribution is 5.53. The number of nitrogen functional groups attached to an aromatic ring is 1. The summed E-state index contributed by atoms with van der Waals surface area (Å²) in [5, 5.41) is 0. The van der Waals surface area contributed by atoms with Gasteiger partial charge in [0, 0.05) is 43.2 Å². The van der Waals surface area contributed by atoms with Crippen molar-refractivity contribution >= 4 is 17.1 Å². The largest absolute Gasteiger partial charge is 0.399 e. The van der Waals surface area contributed by atoms with Crippen molar-refractivity contribution < 1.29 is 0 Å². The Morgan fingerprint density at radius 3 is 1.46 bits per heavy atom. The van der Waals surface area contributed by atoms with Gasteiger partial charge in [-0.1, -0.05) is 17.7 Å². The molecule has 26 heavy (non-hydrogen) atoms. The lowest BCUT2D eigenvalue weighted by Gasteiger charge is -2.41. The van der Waals surface area contributed by atoms with Crippen LogP contribution in [-0.4, -0.2) is 26.2 Å². The third-order valence-electron chi connectivity index (χ3n) is 6.40. The van der Waals surface area contributed by atoms with Gasteiger partial charge < -0.3 is 15.5 Å². The number of piperidine rings is 2. The van der Waals surface area contributed by atoms with E-state index in [9.17, 15) is 0 Å². The molecule has 4 rings (SSSR count). The molecule has 2 aromatic carbocycles. The van der Waals surface area contributed by atoms with Gasteiger partial charge in [0.2, 0.25) is 0 Å². The number of aryl methyl sites for hydroxylation is 1. The van der Waals surface area contributed by atoms with Crippen molar-refractivity contribution in [1.82, 2.24) is 0 Å². The summed E-state index contributed by atoms with van der Waals surface area (Å²) in [6, 6.07) is 17.4. The maximum absolute atomic E-state index is 5.81. The van der Waals surface area contributed by atoms with Crippen molar-refractivity contribution in [3.63, 3.8) is 0 Å². The van der Waals surface area contributed by atoms with Gasteiger partial charge in [-0.2, -0.15) is 0 Å². The summed E-state index contributed by atoms with van der Waals surface area (Å²) in [6.45, 7) is 6.96. The van der Waals surface area contributed by atoms with Crippen molar-refractivity contribution in [3.8, 4) is 0 Å². The zero-order valence-corrected chi connectivity index (χ0v) is 15.9. The van der Waals surface area contributed by atoms with Crippen molar-refractivity contribution in [3.05, 3.63) is 54.1 Å². The number of nitrogens with two attached hydrogens (primary N) is 1. The molecule has 2 aliphatic heterocycles. The minimum absolute atomic E-state index is 0.851. The van der Waals surface area contributed by atoms with Crippen LogP contribution in [0, 0.1) is 18.8 Å². The Morgan fingerprint density at radius 2 is 1.04 bits per heavy atom. The van der Waals surface area contributed by atoms with Crippen molar-refractivity contribution in [2.75, 3.05) is 41.7 Å². The first-order valence-electron chi connectivity index (χ1n) is 10.1. The summed E-state index contributed by atoms with van der Waals surface area (Å²) in [5.41, 5.74) is 10.7. The van der Waals surface area contributed by atoms with Gasteiger partial charge in [0.25, 0.3) is 0 Å². The second-order valence-electron chi connectivity index (χ2n) is 8.08. The Bertz CT molecular complexity index is 628. The Morgan fingerprint density at radius 1 is 0.654 bits per heavy atom. The predicted octanol–water partition coefficient (Wildman–Crippen LogP) is 4.71. The summed E-state index contributed by atoms with van der Waals surface area (Å²) < 4.78 is 0. The first-order chi connectivity index (χ1) is 12.7. The van der Waals surface area contributed by atoms with E-state index in [0.717, 1.165) is 17.5 Å². The van der Waals surface area contributed by atoms with E-state index >= 15 is 0 Å². The second-order valence-corrected chi connectivity index (χ2v) is 8.08. The van der Waals surface area contributed by atoms with E-state index in [1.54, 1.807) is 0 Å². The molecule has 138 valence electrons. The highest BCUT2D eigenvalue weighted by atomic mass is 15.1. The summed E-state index contributed by atoms with van der Waals surface area (Å²) in [7, 11) is 0. The van der Waals surface area contributed by atoms with Crippen LogP contribution in [0.1, 0.15) is 31.2 Å². The van der Waals surface area contributed by atoms with Crippen LogP contribution in [0.2, 0.25) is 0 Å². The number of benzene rings is 2. The predicted molar refractivity (Wildman–Crippen MR) is 112 cm³/mol. The van der Waals surface area contributed by atoms with E-state index in [2.05, 4.69) is 53.1 Å². The quantitative estimate of drug-likeness (QED) is 0.815. The van der Waals surface area contributed by atoms with Crippen LogP contribution in [0.25, 0.3) is 0 Å². The smallest absolute Gasteiger partial charge is 0.0367 e. The normalized spacial score (nSPS) is 19.7. The minimum Gasteiger partial charge on any atom is -0.399 e. The van der Waals surface area contributed by atoms with Crippen LogP contribution in [0.15, 0.2) is 48.5 Å².